The first-order valence-corrected chi connectivity index (χ1v) is 10.5. The number of ether oxygens (including phenoxy) is 4. The highest BCUT2D eigenvalue weighted by Crippen LogP contribution is 2.48. The standard InChI is InChI=1S/C23H28N2O5.3H2/c1-12-16-10-25-6-5-13-15-8-20(27-2)21(28-3)9-18(15)24-22(13)19(25)7-14(16)17(11-30-12)23(26)29-4;;;/h8-9,11-12,14,16,19,24H,5-7,10H2,1-4H3;3*1H/t12-,14?,16?,19?;;;/m1.../s1. The number of nitrogens with one attached hydrogen (secondary N) is 1. The summed E-state index contributed by atoms with van der Waals surface area (Å²) in [6.45, 7) is 4.00. The molecule has 0 radical (unpaired) electrons. The second kappa shape index (κ2) is 7.23. The molecule has 1 saturated heterocycles. The molecule has 0 spiro atoms. The summed E-state index contributed by atoms with van der Waals surface area (Å²) < 4.78 is 21.9. The van der Waals surface area contributed by atoms with Crippen LogP contribution >= 0.6 is 0 Å². The molecule has 7 nitrogen and oxygen atoms in total. The maximum Gasteiger partial charge on any atom is 0.337 e. The third-order valence-corrected chi connectivity index (χ3v) is 7.14. The van der Waals surface area contributed by atoms with E-state index in [2.05, 4.69) is 22.9 Å². The molecule has 1 fully saturated rings. The van der Waals surface area contributed by atoms with Gasteiger partial charge in [-0.1, -0.05) is 0 Å². The summed E-state index contributed by atoms with van der Waals surface area (Å²) in [5.41, 5.74) is 4.31. The molecule has 3 aliphatic heterocycles. The van der Waals surface area contributed by atoms with Gasteiger partial charge in [0, 0.05) is 51.9 Å². The van der Waals surface area contributed by atoms with Gasteiger partial charge in [-0.05, 0) is 31.4 Å². The minimum absolute atomic E-state index is 0. The van der Waals surface area contributed by atoms with Gasteiger partial charge in [-0.2, -0.15) is 0 Å². The lowest BCUT2D eigenvalue weighted by Crippen LogP contribution is -2.51. The Bertz CT molecular complexity index is 1040. The van der Waals surface area contributed by atoms with Crippen LogP contribution in [-0.2, 0) is 20.7 Å². The van der Waals surface area contributed by atoms with E-state index in [1.54, 1.807) is 20.5 Å². The van der Waals surface area contributed by atoms with Crippen LogP contribution in [0.5, 0.6) is 11.5 Å². The van der Waals surface area contributed by atoms with Crippen molar-refractivity contribution in [3.05, 3.63) is 35.2 Å². The second-order valence-corrected chi connectivity index (χ2v) is 8.44. The zero-order valence-electron chi connectivity index (χ0n) is 17.9. The maximum atomic E-state index is 12.4. The van der Waals surface area contributed by atoms with Crippen molar-refractivity contribution in [2.45, 2.75) is 31.9 Å². The molecule has 30 heavy (non-hydrogen) atoms. The molecule has 3 aliphatic rings. The lowest BCUT2D eigenvalue weighted by molar-refractivity contribution is -0.139. The van der Waals surface area contributed by atoms with Crippen LogP contribution in [0.4, 0.5) is 0 Å². The number of esters is 1. The van der Waals surface area contributed by atoms with Gasteiger partial charge in [0.05, 0.1) is 45.3 Å². The highest BCUT2D eigenvalue weighted by molar-refractivity contribution is 5.89. The predicted molar refractivity (Wildman–Crippen MR) is 118 cm³/mol. The highest BCUT2D eigenvalue weighted by atomic mass is 16.5. The number of rotatable bonds is 3. The summed E-state index contributed by atoms with van der Waals surface area (Å²) in [5, 5.41) is 1.19. The van der Waals surface area contributed by atoms with Crippen molar-refractivity contribution in [2.75, 3.05) is 34.4 Å². The molecule has 166 valence electrons. The Kier molecular flexibility index (Phi) is 4.65. The Balaban J connectivity index is 0.00000128. The highest BCUT2D eigenvalue weighted by Gasteiger charge is 2.47. The van der Waals surface area contributed by atoms with Gasteiger partial charge in [0.15, 0.2) is 11.5 Å². The third kappa shape index (κ3) is 2.79. The smallest absolute Gasteiger partial charge is 0.337 e. The first-order valence-electron chi connectivity index (χ1n) is 10.5. The topological polar surface area (TPSA) is 73.0 Å². The summed E-state index contributed by atoms with van der Waals surface area (Å²) in [7, 11) is 4.75. The largest absolute Gasteiger partial charge is 0.497 e. The molecular formula is C23H34N2O5. The van der Waals surface area contributed by atoms with Gasteiger partial charge in [0.25, 0.3) is 0 Å². The summed E-state index contributed by atoms with van der Waals surface area (Å²) >= 11 is 0. The number of aromatic nitrogens is 1. The Morgan fingerprint density at radius 3 is 2.73 bits per heavy atom. The van der Waals surface area contributed by atoms with E-state index in [1.165, 1.54) is 23.8 Å². The fourth-order valence-corrected chi connectivity index (χ4v) is 5.56. The minimum atomic E-state index is -0.285. The van der Waals surface area contributed by atoms with Crippen molar-refractivity contribution in [1.29, 1.82) is 0 Å². The van der Waals surface area contributed by atoms with Crippen LogP contribution in [0, 0.1) is 11.8 Å². The number of piperidine rings is 1. The molecule has 0 saturated carbocycles. The fourth-order valence-electron chi connectivity index (χ4n) is 5.56. The van der Waals surface area contributed by atoms with Crippen molar-refractivity contribution in [2.24, 2.45) is 11.8 Å². The third-order valence-electron chi connectivity index (χ3n) is 7.14. The summed E-state index contributed by atoms with van der Waals surface area (Å²) in [4.78, 5) is 18.6. The number of carbonyl (C=O) groups is 1. The molecule has 7 heteroatoms. The number of fused-ring (bicyclic) bond motifs is 6. The Morgan fingerprint density at radius 2 is 2.00 bits per heavy atom. The minimum Gasteiger partial charge on any atom is -0.497 e. The maximum absolute atomic E-state index is 12.4. The van der Waals surface area contributed by atoms with Gasteiger partial charge in [0.2, 0.25) is 0 Å². The Labute approximate surface area is 180 Å². The van der Waals surface area contributed by atoms with Crippen LogP contribution in [0.1, 0.15) is 34.9 Å². The molecule has 0 aliphatic carbocycles. The summed E-state index contributed by atoms with van der Waals surface area (Å²) in [5.74, 6) is 1.59. The Hall–Kier alpha value is -2.67. The number of aromatic amines is 1. The van der Waals surface area contributed by atoms with E-state index in [-0.39, 0.29) is 34.2 Å². The van der Waals surface area contributed by atoms with E-state index in [9.17, 15) is 4.79 Å². The monoisotopic (exact) mass is 418 g/mol. The molecule has 3 unspecified atom stereocenters. The van der Waals surface area contributed by atoms with Crippen LogP contribution in [0.25, 0.3) is 10.9 Å². The van der Waals surface area contributed by atoms with E-state index in [1.807, 2.05) is 6.07 Å². The molecule has 4 atom stereocenters. The first kappa shape index (κ1) is 19.3. The van der Waals surface area contributed by atoms with Crippen LogP contribution in [-0.4, -0.2) is 56.4 Å². The average molecular weight is 419 g/mol. The molecule has 1 aromatic carbocycles. The number of nitrogens with zero attached hydrogens (tertiary/aromatic N) is 1. The normalized spacial score (nSPS) is 27.9. The quantitative estimate of drug-likeness (QED) is 0.762. The van der Waals surface area contributed by atoms with Crippen molar-refractivity contribution in [1.82, 2.24) is 9.88 Å². The van der Waals surface area contributed by atoms with Gasteiger partial charge in [-0.15, -0.1) is 0 Å². The van der Waals surface area contributed by atoms with Crippen molar-refractivity contribution >= 4 is 16.9 Å². The molecule has 4 heterocycles. The number of hydrogen-bond donors (Lipinski definition) is 1. The van der Waals surface area contributed by atoms with Gasteiger partial charge >= 0.3 is 5.97 Å². The molecule has 1 N–H and O–H groups in total. The fraction of sp³-hybridized carbons (Fsp3) is 0.522. The van der Waals surface area contributed by atoms with E-state index in [0.29, 0.717) is 5.57 Å². The van der Waals surface area contributed by atoms with E-state index in [4.69, 9.17) is 18.9 Å². The zero-order chi connectivity index (χ0) is 21.0. The van der Waals surface area contributed by atoms with Gasteiger partial charge in [-0.3, -0.25) is 4.90 Å². The van der Waals surface area contributed by atoms with Crippen molar-refractivity contribution in [3.63, 3.8) is 0 Å². The second-order valence-electron chi connectivity index (χ2n) is 8.44. The van der Waals surface area contributed by atoms with E-state index >= 15 is 0 Å². The molecule has 0 amide bonds. The Morgan fingerprint density at radius 1 is 1.23 bits per heavy atom. The van der Waals surface area contributed by atoms with Gasteiger partial charge in [-0.25, -0.2) is 4.79 Å². The van der Waals surface area contributed by atoms with E-state index in [0.717, 1.165) is 42.9 Å². The molecule has 2 aromatic rings. The van der Waals surface area contributed by atoms with Gasteiger partial charge < -0.3 is 23.9 Å². The number of benzene rings is 1. The number of carbonyl (C=O) groups excluding carboxylic acids is 1. The van der Waals surface area contributed by atoms with Crippen LogP contribution in [0.3, 0.4) is 0 Å². The average Bonchev–Trinajstić information content (AvgIpc) is 3.14. The SMILES string of the molecule is COC(=O)C1=CO[C@H](C)C2CN3CCc4c([nH]c5cc(OC)c(OC)cc45)C3CC12.[HH].[HH].[HH]. The van der Waals surface area contributed by atoms with Crippen molar-refractivity contribution < 1.29 is 28.0 Å². The van der Waals surface area contributed by atoms with Crippen LogP contribution < -0.4 is 9.47 Å². The van der Waals surface area contributed by atoms with Crippen LogP contribution in [0.2, 0.25) is 0 Å². The lowest BCUT2D eigenvalue weighted by atomic mass is 9.72. The molecule has 0 bridgehead atoms. The predicted octanol–water partition coefficient (Wildman–Crippen LogP) is 3.93. The summed E-state index contributed by atoms with van der Waals surface area (Å²) in [6, 6.07) is 4.32. The van der Waals surface area contributed by atoms with Gasteiger partial charge in [0.1, 0.15) is 0 Å². The van der Waals surface area contributed by atoms with Crippen molar-refractivity contribution in [3.8, 4) is 11.5 Å². The zero-order valence-corrected chi connectivity index (χ0v) is 17.9. The summed E-state index contributed by atoms with van der Waals surface area (Å²) in [6.07, 6.45) is 3.56. The molecule has 1 aromatic heterocycles. The number of hydrogen-bond acceptors (Lipinski definition) is 6. The molecule has 5 rings (SSSR count). The van der Waals surface area contributed by atoms with E-state index < -0.39 is 0 Å². The molecular weight excluding hydrogens is 384 g/mol. The number of methoxy groups -OCH3 is 3. The number of H-pyrrole nitrogens is 1. The lowest BCUT2D eigenvalue weighted by Gasteiger charge is -2.49. The first-order chi connectivity index (χ1) is 14.5. The van der Waals surface area contributed by atoms with Crippen LogP contribution in [0.15, 0.2) is 24.0 Å².